The summed E-state index contributed by atoms with van der Waals surface area (Å²) in [7, 11) is -1.92. The molecule has 0 saturated carbocycles. The number of thiophene rings is 1. The van der Waals surface area contributed by atoms with Crippen molar-refractivity contribution in [3.63, 3.8) is 0 Å². The molecule has 0 atom stereocenters. The van der Waals surface area contributed by atoms with Gasteiger partial charge in [0.05, 0.1) is 8.68 Å². The van der Waals surface area contributed by atoms with E-state index in [1.54, 1.807) is 25.2 Å². The molecule has 2 rings (SSSR count). The van der Waals surface area contributed by atoms with Crippen molar-refractivity contribution in [1.29, 1.82) is 0 Å². The first kappa shape index (κ1) is 16.6. The SMILES string of the molecule is Cc1ccc(S(=O)(=O)N(C)Cc2csc(Br)c2)cc1CN. The van der Waals surface area contributed by atoms with E-state index in [0.29, 0.717) is 13.1 Å². The van der Waals surface area contributed by atoms with Gasteiger partial charge in [-0.1, -0.05) is 6.07 Å². The van der Waals surface area contributed by atoms with Crippen LogP contribution in [0.5, 0.6) is 0 Å². The maximum absolute atomic E-state index is 12.6. The predicted molar refractivity (Wildman–Crippen MR) is 89.7 cm³/mol. The number of nitrogens with zero attached hydrogens (tertiary/aromatic N) is 1. The maximum Gasteiger partial charge on any atom is 0.243 e. The summed E-state index contributed by atoms with van der Waals surface area (Å²) in [6.45, 7) is 2.60. The van der Waals surface area contributed by atoms with Gasteiger partial charge >= 0.3 is 0 Å². The average Bonchev–Trinajstić information content (AvgIpc) is 2.84. The molecule has 7 heteroatoms. The van der Waals surface area contributed by atoms with Gasteiger partial charge in [-0.05, 0) is 63.1 Å². The molecule has 2 N–H and O–H groups in total. The smallest absolute Gasteiger partial charge is 0.243 e. The van der Waals surface area contributed by atoms with Crippen LogP contribution >= 0.6 is 27.3 Å². The molecule has 1 aromatic carbocycles. The van der Waals surface area contributed by atoms with E-state index in [9.17, 15) is 8.42 Å². The van der Waals surface area contributed by atoms with E-state index in [-0.39, 0.29) is 4.90 Å². The molecule has 2 aromatic rings. The fraction of sp³-hybridized carbons (Fsp3) is 0.286. The summed E-state index contributed by atoms with van der Waals surface area (Å²) in [6, 6.07) is 7.01. The van der Waals surface area contributed by atoms with Gasteiger partial charge in [-0.15, -0.1) is 11.3 Å². The molecular formula is C14H17BrN2O2S2. The van der Waals surface area contributed by atoms with Crippen molar-refractivity contribution in [2.45, 2.75) is 24.9 Å². The second-order valence-electron chi connectivity index (χ2n) is 4.81. The minimum Gasteiger partial charge on any atom is -0.326 e. The normalized spacial score (nSPS) is 12.0. The quantitative estimate of drug-likeness (QED) is 0.855. The van der Waals surface area contributed by atoms with Gasteiger partial charge < -0.3 is 5.73 Å². The summed E-state index contributed by atoms with van der Waals surface area (Å²) in [5.74, 6) is 0. The van der Waals surface area contributed by atoms with E-state index in [1.165, 1.54) is 15.6 Å². The Kier molecular flexibility index (Phi) is 5.21. The van der Waals surface area contributed by atoms with Gasteiger partial charge in [-0.2, -0.15) is 4.31 Å². The molecule has 0 fully saturated rings. The standard InChI is InChI=1S/C14H17BrN2O2S2/c1-10-3-4-13(6-12(10)7-16)21(18,19)17(2)8-11-5-14(15)20-9-11/h3-6,9H,7-8,16H2,1-2H3. The zero-order valence-electron chi connectivity index (χ0n) is 11.8. The van der Waals surface area contributed by atoms with Gasteiger partial charge in [0.15, 0.2) is 0 Å². The molecule has 1 heterocycles. The summed E-state index contributed by atoms with van der Waals surface area (Å²) in [4.78, 5) is 0.283. The Labute approximate surface area is 137 Å². The molecule has 4 nitrogen and oxygen atoms in total. The number of hydrogen-bond acceptors (Lipinski definition) is 4. The number of nitrogens with two attached hydrogens (primary N) is 1. The highest BCUT2D eigenvalue weighted by Gasteiger charge is 2.21. The zero-order chi connectivity index (χ0) is 15.6. The van der Waals surface area contributed by atoms with Crippen LogP contribution in [0, 0.1) is 6.92 Å². The third-order valence-electron chi connectivity index (χ3n) is 3.28. The molecule has 0 spiro atoms. The Bertz CT molecular complexity index is 741. The number of halogens is 1. The van der Waals surface area contributed by atoms with E-state index in [2.05, 4.69) is 15.9 Å². The molecular weight excluding hydrogens is 372 g/mol. The highest BCUT2D eigenvalue weighted by molar-refractivity contribution is 9.11. The minimum atomic E-state index is -3.51. The highest BCUT2D eigenvalue weighted by Crippen LogP contribution is 2.24. The number of benzene rings is 1. The fourth-order valence-corrected chi connectivity index (χ4v) is 4.39. The van der Waals surface area contributed by atoms with Crippen molar-refractivity contribution < 1.29 is 8.42 Å². The van der Waals surface area contributed by atoms with E-state index in [4.69, 9.17) is 5.73 Å². The van der Waals surface area contributed by atoms with Gasteiger partial charge in [0.2, 0.25) is 10.0 Å². The second kappa shape index (κ2) is 6.58. The minimum absolute atomic E-state index is 0.283. The van der Waals surface area contributed by atoms with E-state index < -0.39 is 10.0 Å². The van der Waals surface area contributed by atoms with Crippen molar-refractivity contribution in [3.8, 4) is 0 Å². The van der Waals surface area contributed by atoms with E-state index in [0.717, 1.165) is 20.5 Å². The monoisotopic (exact) mass is 388 g/mol. The summed E-state index contributed by atoms with van der Waals surface area (Å²) in [6.07, 6.45) is 0. The third kappa shape index (κ3) is 3.73. The molecule has 0 saturated heterocycles. The summed E-state index contributed by atoms with van der Waals surface area (Å²) >= 11 is 4.92. The second-order valence-corrected chi connectivity index (χ2v) is 9.15. The van der Waals surface area contributed by atoms with Gasteiger partial charge in [-0.25, -0.2) is 8.42 Å². The first-order valence-corrected chi connectivity index (χ1v) is 9.44. The zero-order valence-corrected chi connectivity index (χ0v) is 15.1. The molecule has 0 unspecified atom stereocenters. The Balaban J connectivity index is 2.28. The van der Waals surface area contributed by atoms with E-state index in [1.807, 2.05) is 18.4 Å². The van der Waals surface area contributed by atoms with Crippen LogP contribution in [0.1, 0.15) is 16.7 Å². The lowest BCUT2D eigenvalue weighted by molar-refractivity contribution is 0.467. The number of hydrogen-bond donors (Lipinski definition) is 1. The molecule has 1 aromatic heterocycles. The molecule has 0 bridgehead atoms. The van der Waals surface area contributed by atoms with Crippen molar-refractivity contribution in [3.05, 3.63) is 50.1 Å². The van der Waals surface area contributed by atoms with Crippen molar-refractivity contribution >= 4 is 37.3 Å². The van der Waals surface area contributed by atoms with Crippen LogP contribution in [-0.4, -0.2) is 19.8 Å². The van der Waals surface area contributed by atoms with Gasteiger partial charge in [-0.3, -0.25) is 0 Å². The van der Waals surface area contributed by atoms with Crippen LogP contribution < -0.4 is 5.73 Å². The average molecular weight is 389 g/mol. The molecule has 0 amide bonds. The molecule has 0 aliphatic rings. The summed E-state index contributed by atoms with van der Waals surface area (Å²) < 4.78 is 27.5. The van der Waals surface area contributed by atoms with Gasteiger partial charge in [0.1, 0.15) is 0 Å². The molecule has 0 aliphatic carbocycles. The lowest BCUT2D eigenvalue weighted by Gasteiger charge is -2.17. The Hall–Kier alpha value is -0.730. The first-order valence-electron chi connectivity index (χ1n) is 6.33. The van der Waals surface area contributed by atoms with E-state index >= 15 is 0 Å². The highest BCUT2D eigenvalue weighted by atomic mass is 79.9. The number of rotatable bonds is 5. The Morgan fingerprint density at radius 1 is 1.33 bits per heavy atom. The molecule has 114 valence electrons. The summed E-state index contributed by atoms with van der Waals surface area (Å²) in [5.41, 5.74) is 8.47. The Morgan fingerprint density at radius 2 is 2.05 bits per heavy atom. The Morgan fingerprint density at radius 3 is 2.62 bits per heavy atom. The largest absolute Gasteiger partial charge is 0.326 e. The number of sulfonamides is 1. The van der Waals surface area contributed by atoms with Crippen LogP contribution in [0.15, 0.2) is 38.3 Å². The topological polar surface area (TPSA) is 63.4 Å². The van der Waals surface area contributed by atoms with Crippen LogP contribution in [0.4, 0.5) is 0 Å². The molecule has 0 aliphatic heterocycles. The lowest BCUT2D eigenvalue weighted by Crippen LogP contribution is -2.26. The molecule has 21 heavy (non-hydrogen) atoms. The lowest BCUT2D eigenvalue weighted by atomic mass is 10.1. The van der Waals surface area contributed by atoms with Gasteiger partial charge in [0, 0.05) is 20.1 Å². The molecule has 0 radical (unpaired) electrons. The van der Waals surface area contributed by atoms with Crippen molar-refractivity contribution in [2.24, 2.45) is 5.73 Å². The van der Waals surface area contributed by atoms with Gasteiger partial charge in [0.25, 0.3) is 0 Å². The van der Waals surface area contributed by atoms with Crippen molar-refractivity contribution in [2.75, 3.05) is 7.05 Å². The van der Waals surface area contributed by atoms with Crippen LogP contribution in [0.25, 0.3) is 0 Å². The van der Waals surface area contributed by atoms with Crippen LogP contribution in [0.2, 0.25) is 0 Å². The van der Waals surface area contributed by atoms with Crippen LogP contribution in [-0.2, 0) is 23.1 Å². The fourth-order valence-electron chi connectivity index (χ4n) is 1.98. The maximum atomic E-state index is 12.6. The first-order chi connectivity index (χ1) is 9.84. The number of aryl methyl sites for hydroxylation is 1. The van der Waals surface area contributed by atoms with Crippen LogP contribution in [0.3, 0.4) is 0 Å². The predicted octanol–water partition coefficient (Wildman–Crippen LogP) is 3.10. The van der Waals surface area contributed by atoms with Crippen molar-refractivity contribution in [1.82, 2.24) is 4.31 Å². The third-order valence-corrected chi connectivity index (χ3v) is 6.63. The summed E-state index contributed by atoms with van der Waals surface area (Å²) in [5, 5.41) is 1.94.